The van der Waals surface area contributed by atoms with Crippen LogP contribution in [0.5, 0.6) is 0 Å². The Kier molecular flexibility index (Phi) is 5.63. The van der Waals surface area contributed by atoms with Crippen LogP contribution >= 0.6 is 22.9 Å². The first-order valence-corrected chi connectivity index (χ1v) is 7.51. The molecule has 0 unspecified atom stereocenters. The second kappa shape index (κ2) is 7.24. The Labute approximate surface area is 122 Å². The molecule has 0 N–H and O–H groups in total. The van der Waals surface area contributed by atoms with Crippen molar-refractivity contribution in [3.8, 4) is 0 Å². The number of halogens is 1. The fourth-order valence-corrected chi connectivity index (χ4v) is 3.14. The summed E-state index contributed by atoms with van der Waals surface area (Å²) in [6, 6.07) is 3.55. The molecule has 0 bridgehead atoms. The number of thiophene rings is 1. The Balaban J connectivity index is 1.76. The minimum Gasteiger partial charge on any atom is -0.382 e. The predicted molar refractivity (Wildman–Crippen MR) is 76.0 cm³/mol. The number of rotatable bonds is 6. The SMILES string of the molecule is COCCOC[C@H]1CCN(C(=O)c2ccc(Cl)s2)C1. The van der Waals surface area contributed by atoms with Crippen LogP contribution in [0.1, 0.15) is 16.1 Å². The molecule has 4 nitrogen and oxygen atoms in total. The first-order chi connectivity index (χ1) is 9.20. The van der Waals surface area contributed by atoms with Crippen LogP contribution in [0.2, 0.25) is 4.34 Å². The van der Waals surface area contributed by atoms with Gasteiger partial charge < -0.3 is 14.4 Å². The summed E-state index contributed by atoms with van der Waals surface area (Å²) in [6.07, 6.45) is 0.998. The molecule has 0 aliphatic carbocycles. The number of ether oxygens (including phenoxy) is 2. The predicted octanol–water partition coefficient (Wildman–Crippen LogP) is 2.53. The van der Waals surface area contributed by atoms with E-state index in [1.165, 1.54) is 11.3 Å². The maximum atomic E-state index is 12.2. The van der Waals surface area contributed by atoms with E-state index in [0.29, 0.717) is 35.0 Å². The number of hydrogen-bond donors (Lipinski definition) is 0. The molecule has 0 saturated carbocycles. The second-order valence-corrected chi connectivity index (χ2v) is 6.29. The molecule has 1 aromatic heterocycles. The normalized spacial score (nSPS) is 19.1. The van der Waals surface area contributed by atoms with E-state index in [4.69, 9.17) is 21.1 Å². The van der Waals surface area contributed by atoms with E-state index in [2.05, 4.69) is 0 Å². The minimum absolute atomic E-state index is 0.0799. The maximum absolute atomic E-state index is 12.2. The van der Waals surface area contributed by atoms with E-state index in [9.17, 15) is 4.79 Å². The Morgan fingerprint density at radius 1 is 1.53 bits per heavy atom. The quantitative estimate of drug-likeness (QED) is 0.758. The fourth-order valence-electron chi connectivity index (χ4n) is 2.13. The van der Waals surface area contributed by atoms with Crippen molar-refractivity contribution in [2.45, 2.75) is 6.42 Å². The van der Waals surface area contributed by atoms with E-state index in [1.807, 2.05) is 4.90 Å². The van der Waals surface area contributed by atoms with Crippen molar-refractivity contribution in [1.29, 1.82) is 0 Å². The van der Waals surface area contributed by atoms with Gasteiger partial charge in [0.05, 0.1) is 29.0 Å². The van der Waals surface area contributed by atoms with Gasteiger partial charge in [-0.3, -0.25) is 4.79 Å². The molecule has 1 amide bonds. The maximum Gasteiger partial charge on any atom is 0.263 e. The van der Waals surface area contributed by atoms with Gasteiger partial charge in [-0.15, -0.1) is 11.3 Å². The Morgan fingerprint density at radius 2 is 2.37 bits per heavy atom. The van der Waals surface area contributed by atoms with Crippen molar-refractivity contribution in [2.24, 2.45) is 5.92 Å². The van der Waals surface area contributed by atoms with Crippen LogP contribution in [0.4, 0.5) is 0 Å². The summed E-state index contributed by atoms with van der Waals surface area (Å²) in [5, 5.41) is 0. The molecule has 106 valence electrons. The highest BCUT2D eigenvalue weighted by Gasteiger charge is 2.27. The van der Waals surface area contributed by atoms with Crippen LogP contribution in [0.25, 0.3) is 0 Å². The lowest BCUT2D eigenvalue weighted by atomic mass is 10.1. The van der Waals surface area contributed by atoms with Crippen molar-refractivity contribution in [1.82, 2.24) is 4.90 Å². The summed E-state index contributed by atoms with van der Waals surface area (Å²) in [4.78, 5) is 14.8. The number of carbonyl (C=O) groups excluding carboxylic acids is 1. The zero-order chi connectivity index (χ0) is 13.7. The summed E-state index contributed by atoms with van der Waals surface area (Å²) in [5.41, 5.74) is 0. The molecule has 6 heteroatoms. The molecular formula is C13H18ClNO3S. The lowest BCUT2D eigenvalue weighted by Gasteiger charge is -2.15. The highest BCUT2D eigenvalue weighted by molar-refractivity contribution is 7.17. The molecule has 19 heavy (non-hydrogen) atoms. The first kappa shape index (κ1) is 14.8. The van der Waals surface area contributed by atoms with Crippen LogP contribution in [-0.4, -0.2) is 50.8 Å². The van der Waals surface area contributed by atoms with Crippen molar-refractivity contribution in [3.05, 3.63) is 21.3 Å². The van der Waals surface area contributed by atoms with Gasteiger partial charge in [0.25, 0.3) is 5.91 Å². The first-order valence-electron chi connectivity index (χ1n) is 6.32. The average molecular weight is 304 g/mol. The van der Waals surface area contributed by atoms with Gasteiger partial charge in [-0.05, 0) is 18.6 Å². The van der Waals surface area contributed by atoms with E-state index < -0.39 is 0 Å². The highest BCUT2D eigenvalue weighted by Crippen LogP contribution is 2.25. The Morgan fingerprint density at radius 3 is 3.05 bits per heavy atom. The fraction of sp³-hybridized carbons (Fsp3) is 0.615. The highest BCUT2D eigenvalue weighted by atomic mass is 35.5. The molecule has 0 radical (unpaired) electrons. The summed E-state index contributed by atoms with van der Waals surface area (Å²) >= 11 is 7.19. The molecular weight excluding hydrogens is 286 g/mol. The molecule has 1 fully saturated rings. The van der Waals surface area contributed by atoms with Gasteiger partial charge in [0, 0.05) is 26.1 Å². The average Bonchev–Trinajstić information content (AvgIpc) is 3.03. The van der Waals surface area contributed by atoms with Gasteiger partial charge in [-0.25, -0.2) is 0 Å². The molecule has 0 spiro atoms. The van der Waals surface area contributed by atoms with Crippen molar-refractivity contribution < 1.29 is 14.3 Å². The summed E-state index contributed by atoms with van der Waals surface area (Å²) in [5.74, 6) is 0.507. The van der Waals surface area contributed by atoms with E-state index >= 15 is 0 Å². The Bertz CT molecular complexity index is 424. The van der Waals surface area contributed by atoms with Gasteiger partial charge in [-0.2, -0.15) is 0 Å². The monoisotopic (exact) mass is 303 g/mol. The van der Waals surface area contributed by atoms with E-state index in [0.717, 1.165) is 19.5 Å². The number of likely N-dealkylation sites (tertiary alicyclic amines) is 1. The van der Waals surface area contributed by atoms with Crippen molar-refractivity contribution in [3.63, 3.8) is 0 Å². The third-order valence-corrected chi connectivity index (χ3v) is 4.36. The number of amides is 1. The van der Waals surface area contributed by atoms with Crippen LogP contribution in [-0.2, 0) is 9.47 Å². The number of hydrogen-bond acceptors (Lipinski definition) is 4. The summed E-state index contributed by atoms with van der Waals surface area (Å²) in [6.45, 7) is 3.48. The van der Waals surface area contributed by atoms with Crippen LogP contribution in [0.15, 0.2) is 12.1 Å². The third-order valence-electron chi connectivity index (χ3n) is 3.14. The standard InChI is InChI=1S/C13H18ClNO3S/c1-17-6-7-18-9-10-4-5-15(8-10)13(16)11-2-3-12(14)19-11/h2-3,10H,4-9H2,1H3/t10-/m0/s1. The molecule has 2 heterocycles. The van der Waals surface area contributed by atoms with Crippen LogP contribution < -0.4 is 0 Å². The molecule has 1 aromatic rings. The minimum atomic E-state index is 0.0799. The molecule has 2 rings (SSSR count). The van der Waals surface area contributed by atoms with Crippen molar-refractivity contribution >= 4 is 28.8 Å². The zero-order valence-electron chi connectivity index (χ0n) is 10.9. The molecule has 1 saturated heterocycles. The molecule has 0 aromatic carbocycles. The lowest BCUT2D eigenvalue weighted by molar-refractivity contribution is 0.0516. The van der Waals surface area contributed by atoms with Gasteiger partial charge in [0.2, 0.25) is 0 Å². The van der Waals surface area contributed by atoms with Crippen LogP contribution in [0, 0.1) is 5.92 Å². The second-order valence-electron chi connectivity index (χ2n) is 4.58. The third kappa shape index (κ3) is 4.18. The number of nitrogens with zero attached hydrogens (tertiary/aromatic N) is 1. The Hall–Kier alpha value is -0.620. The smallest absolute Gasteiger partial charge is 0.263 e. The summed E-state index contributed by atoms with van der Waals surface area (Å²) in [7, 11) is 1.66. The summed E-state index contributed by atoms with van der Waals surface area (Å²) < 4.78 is 11.1. The lowest BCUT2D eigenvalue weighted by Crippen LogP contribution is -2.28. The van der Waals surface area contributed by atoms with Crippen LogP contribution in [0.3, 0.4) is 0 Å². The number of carbonyl (C=O) groups is 1. The zero-order valence-corrected chi connectivity index (χ0v) is 12.5. The largest absolute Gasteiger partial charge is 0.382 e. The van der Waals surface area contributed by atoms with Crippen molar-refractivity contribution in [2.75, 3.05) is 40.0 Å². The van der Waals surface area contributed by atoms with Gasteiger partial charge >= 0.3 is 0 Å². The van der Waals surface area contributed by atoms with Gasteiger partial charge in [0.1, 0.15) is 0 Å². The number of methoxy groups -OCH3 is 1. The topological polar surface area (TPSA) is 38.8 Å². The van der Waals surface area contributed by atoms with E-state index in [1.54, 1.807) is 19.2 Å². The molecule has 1 aliphatic rings. The molecule has 1 aliphatic heterocycles. The van der Waals surface area contributed by atoms with Gasteiger partial charge in [0.15, 0.2) is 0 Å². The molecule has 1 atom stereocenters. The van der Waals surface area contributed by atoms with E-state index in [-0.39, 0.29) is 5.91 Å². The van der Waals surface area contributed by atoms with Gasteiger partial charge in [-0.1, -0.05) is 11.6 Å².